The summed E-state index contributed by atoms with van der Waals surface area (Å²) in [6.07, 6.45) is 12.3. The Kier molecular flexibility index (Phi) is 8.67. The fourth-order valence-corrected chi connectivity index (χ4v) is 3.08. The average molecular weight is 269 g/mol. The maximum atomic E-state index is 5.95. The Morgan fingerprint density at radius 1 is 1.05 bits per heavy atom. The van der Waals surface area contributed by atoms with E-state index in [2.05, 4.69) is 24.2 Å². The van der Waals surface area contributed by atoms with Crippen molar-refractivity contribution in [3.05, 3.63) is 0 Å². The van der Waals surface area contributed by atoms with Crippen LogP contribution in [0.25, 0.3) is 0 Å². The number of hydrogen-bond donors (Lipinski definition) is 2. The SMILES string of the molecule is CCCCCCCCCCNC1(CN)CCN(C)C1. The van der Waals surface area contributed by atoms with Gasteiger partial charge in [0.1, 0.15) is 0 Å². The van der Waals surface area contributed by atoms with Gasteiger partial charge in [-0.3, -0.25) is 0 Å². The molecule has 0 spiro atoms. The Morgan fingerprint density at radius 3 is 2.21 bits per heavy atom. The van der Waals surface area contributed by atoms with Crippen LogP contribution >= 0.6 is 0 Å². The van der Waals surface area contributed by atoms with Gasteiger partial charge in [-0.15, -0.1) is 0 Å². The van der Waals surface area contributed by atoms with Gasteiger partial charge >= 0.3 is 0 Å². The van der Waals surface area contributed by atoms with Gasteiger partial charge < -0.3 is 16.0 Å². The zero-order chi connectivity index (χ0) is 14.0. The molecule has 19 heavy (non-hydrogen) atoms. The van der Waals surface area contributed by atoms with E-state index in [1.54, 1.807) is 0 Å². The number of rotatable bonds is 11. The fourth-order valence-electron chi connectivity index (χ4n) is 3.08. The molecule has 1 atom stereocenters. The van der Waals surface area contributed by atoms with Gasteiger partial charge in [-0.2, -0.15) is 0 Å². The number of likely N-dealkylation sites (tertiary alicyclic amines) is 1. The zero-order valence-electron chi connectivity index (χ0n) is 13.2. The minimum Gasteiger partial charge on any atom is -0.329 e. The summed E-state index contributed by atoms with van der Waals surface area (Å²) in [5.74, 6) is 0. The van der Waals surface area contributed by atoms with Gasteiger partial charge in [-0.25, -0.2) is 0 Å². The first kappa shape index (κ1) is 16.9. The molecule has 0 saturated carbocycles. The van der Waals surface area contributed by atoms with E-state index in [0.717, 1.165) is 19.6 Å². The van der Waals surface area contributed by atoms with E-state index >= 15 is 0 Å². The Hall–Kier alpha value is -0.120. The van der Waals surface area contributed by atoms with Crippen LogP contribution < -0.4 is 11.1 Å². The van der Waals surface area contributed by atoms with Crippen LogP contribution in [0.4, 0.5) is 0 Å². The summed E-state index contributed by atoms with van der Waals surface area (Å²) in [5, 5.41) is 3.72. The van der Waals surface area contributed by atoms with Crippen molar-refractivity contribution in [2.75, 3.05) is 33.2 Å². The summed E-state index contributed by atoms with van der Waals surface area (Å²) in [4.78, 5) is 2.38. The van der Waals surface area contributed by atoms with Gasteiger partial charge in [0.15, 0.2) is 0 Å². The second kappa shape index (κ2) is 9.73. The van der Waals surface area contributed by atoms with E-state index < -0.39 is 0 Å². The molecule has 3 heteroatoms. The molecular weight excluding hydrogens is 234 g/mol. The molecule has 1 saturated heterocycles. The quantitative estimate of drug-likeness (QED) is 0.567. The van der Waals surface area contributed by atoms with Gasteiger partial charge in [-0.05, 0) is 33.0 Å². The van der Waals surface area contributed by atoms with Crippen LogP contribution in [0.3, 0.4) is 0 Å². The second-order valence-electron chi connectivity index (χ2n) is 6.37. The first-order valence-corrected chi connectivity index (χ1v) is 8.36. The van der Waals surface area contributed by atoms with Gasteiger partial charge in [0.2, 0.25) is 0 Å². The Balaban J connectivity index is 1.95. The number of hydrogen-bond acceptors (Lipinski definition) is 3. The molecule has 114 valence electrons. The summed E-state index contributed by atoms with van der Waals surface area (Å²) < 4.78 is 0. The molecule has 0 bridgehead atoms. The first-order valence-electron chi connectivity index (χ1n) is 8.36. The molecule has 0 radical (unpaired) electrons. The van der Waals surface area contributed by atoms with Crippen LogP contribution in [0, 0.1) is 0 Å². The maximum absolute atomic E-state index is 5.95. The van der Waals surface area contributed by atoms with E-state index in [1.807, 2.05) is 0 Å². The van der Waals surface area contributed by atoms with Crippen LogP contribution in [0.1, 0.15) is 64.7 Å². The third-order valence-corrected chi connectivity index (χ3v) is 4.47. The predicted molar refractivity (Wildman–Crippen MR) is 84.5 cm³/mol. The summed E-state index contributed by atoms with van der Waals surface area (Å²) in [6.45, 7) is 6.48. The largest absolute Gasteiger partial charge is 0.329 e. The molecule has 3 N–H and O–H groups in total. The van der Waals surface area contributed by atoms with Crippen molar-refractivity contribution in [1.29, 1.82) is 0 Å². The Labute approximate surface area is 120 Å². The van der Waals surface area contributed by atoms with Crippen LogP contribution in [-0.2, 0) is 0 Å². The first-order chi connectivity index (χ1) is 9.22. The number of nitrogens with two attached hydrogens (primary N) is 1. The molecule has 0 aliphatic carbocycles. The monoisotopic (exact) mass is 269 g/mol. The van der Waals surface area contributed by atoms with Crippen LogP contribution in [-0.4, -0.2) is 43.7 Å². The summed E-state index contributed by atoms with van der Waals surface area (Å²) >= 11 is 0. The lowest BCUT2D eigenvalue weighted by Gasteiger charge is -2.29. The smallest absolute Gasteiger partial charge is 0.0444 e. The van der Waals surface area contributed by atoms with Crippen molar-refractivity contribution in [3.63, 3.8) is 0 Å². The standard InChI is InChI=1S/C16H35N3/c1-3-4-5-6-7-8-9-10-12-18-16(14-17)11-13-19(2)15-16/h18H,3-15,17H2,1-2H3. The molecule has 1 rings (SSSR count). The van der Waals surface area contributed by atoms with Crippen LogP contribution in [0.15, 0.2) is 0 Å². The molecule has 3 nitrogen and oxygen atoms in total. The lowest BCUT2D eigenvalue weighted by molar-refractivity contribution is 0.314. The summed E-state index contributed by atoms with van der Waals surface area (Å²) in [6, 6.07) is 0. The third-order valence-electron chi connectivity index (χ3n) is 4.47. The normalized spacial score (nSPS) is 24.2. The number of likely N-dealkylation sites (N-methyl/N-ethyl adjacent to an activating group) is 1. The van der Waals surface area contributed by atoms with Crippen molar-refractivity contribution in [1.82, 2.24) is 10.2 Å². The van der Waals surface area contributed by atoms with E-state index in [1.165, 1.54) is 64.3 Å². The number of nitrogens with one attached hydrogen (secondary N) is 1. The predicted octanol–water partition coefficient (Wildman–Crippen LogP) is 2.75. The van der Waals surface area contributed by atoms with Crippen molar-refractivity contribution in [2.45, 2.75) is 70.3 Å². The molecule has 1 aliphatic rings. The molecule has 1 heterocycles. The van der Waals surface area contributed by atoms with Gasteiger partial charge in [-0.1, -0.05) is 51.9 Å². The number of unbranched alkanes of at least 4 members (excludes halogenated alkanes) is 7. The highest BCUT2D eigenvalue weighted by atomic mass is 15.2. The highest BCUT2D eigenvalue weighted by Gasteiger charge is 2.34. The summed E-state index contributed by atoms with van der Waals surface area (Å²) in [7, 11) is 2.19. The molecule has 1 fully saturated rings. The van der Waals surface area contributed by atoms with E-state index in [4.69, 9.17) is 5.73 Å². The minimum absolute atomic E-state index is 0.204. The maximum Gasteiger partial charge on any atom is 0.0444 e. The minimum atomic E-state index is 0.204. The Morgan fingerprint density at radius 2 is 1.68 bits per heavy atom. The van der Waals surface area contributed by atoms with Crippen molar-refractivity contribution >= 4 is 0 Å². The van der Waals surface area contributed by atoms with Crippen LogP contribution in [0.5, 0.6) is 0 Å². The average Bonchev–Trinajstić information content (AvgIpc) is 2.79. The highest BCUT2D eigenvalue weighted by molar-refractivity contribution is 4.97. The molecule has 1 aliphatic heterocycles. The molecule has 0 aromatic carbocycles. The second-order valence-corrected chi connectivity index (χ2v) is 6.37. The van der Waals surface area contributed by atoms with E-state index in [9.17, 15) is 0 Å². The lowest BCUT2D eigenvalue weighted by atomic mass is 9.98. The Bertz CT molecular complexity index is 220. The van der Waals surface area contributed by atoms with Crippen molar-refractivity contribution < 1.29 is 0 Å². The van der Waals surface area contributed by atoms with Crippen molar-refractivity contribution in [3.8, 4) is 0 Å². The van der Waals surface area contributed by atoms with E-state index in [0.29, 0.717) is 0 Å². The molecule has 1 unspecified atom stereocenters. The third kappa shape index (κ3) is 6.73. The fraction of sp³-hybridized carbons (Fsp3) is 1.00. The van der Waals surface area contributed by atoms with Gasteiger partial charge in [0.05, 0.1) is 0 Å². The molecular formula is C16H35N3. The summed E-state index contributed by atoms with van der Waals surface area (Å²) in [5.41, 5.74) is 6.16. The van der Waals surface area contributed by atoms with Gasteiger partial charge in [0.25, 0.3) is 0 Å². The van der Waals surface area contributed by atoms with Crippen molar-refractivity contribution in [2.24, 2.45) is 5.73 Å². The molecule has 0 aromatic rings. The van der Waals surface area contributed by atoms with E-state index in [-0.39, 0.29) is 5.54 Å². The number of nitrogens with zero attached hydrogens (tertiary/aromatic N) is 1. The highest BCUT2D eigenvalue weighted by Crippen LogP contribution is 2.18. The topological polar surface area (TPSA) is 41.3 Å². The van der Waals surface area contributed by atoms with Gasteiger partial charge in [0, 0.05) is 18.6 Å². The van der Waals surface area contributed by atoms with Crippen LogP contribution in [0.2, 0.25) is 0 Å². The zero-order valence-corrected chi connectivity index (χ0v) is 13.2. The lowest BCUT2D eigenvalue weighted by Crippen LogP contribution is -2.53. The molecule has 0 aromatic heterocycles. The molecule has 0 amide bonds.